The summed E-state index contributed by atoms with van der Waals surface area (Å²) in [4.78, 5) is 11.8. The second-order valence-electron chi connectivity index (χ2n) is 5.87. The van der Waals surface area contributed by atoms with Crippen LogP contribution >= 0.6 is 0 Å². The molecule has 0 bridgehead atoms. The van der Waals surface area contributed by atoms with Crippen LogP contribution in [-0.2, 0) is 11.2 Å². The Balaban J connectivity index is 2.28. The van der Waals surface area contributed by atoms with Crippen LogP contribution in [0.2, 0.25) is 0 Å². The molecule has 0 saturated heterocycles. The summed E-state index contributed by atoms with van der Waals surface area (Å²) in [5.74, 6) is -0.184. The highest BCUT2D eigenvalue weighted by molar-refractivity contribution is 6.08. The SMILES string of the molecule is C=C1C(c2cccc3c2C=C(C)C3)=C(C(N)=O)C=CC1C. The summed E-state index contributed by atoms with van der Waals surface area (Å²) in [6, 6.07) is 6.24. The number of carbonyl (C=O) groups excluding carboxylic acids is 1. The summed E-state index contributed by atoms with van der Waals surface area (Å²) in [6.07, 6.45) is 6.99. The van der Waals surface area contributed by atoms with E-state index in [1.54, 1.807) is 0 Å². The second kappa shape index (κ2) is 4.88. The molecule has 1 aromatic carbocycles. The zero-order valence-corrected chi connectivity index (χ0v) is 12.4. The van der Waals surface area contributed by atoms with Crippen molar-refractivity contribution >= 4 is 17.6 Å². The summed E-state index contributed by atoms with van der Waals surface area (Å²) in [5, 5.41) is 0. The Morgan fingerprint density at radius 1 is 1.38 bits per heavy atom. The molecular formula is C19H19NO. The molecule has 3 rings (SSSR count). The molecule has 2 N–H and O–H groups in total. The fourth-order valence-corrected chi connectivity index (χ4v) is 3.12. The van der Waals surface area contributed by atoms with Crippen molar-refractivity contribution in [2.24, 2.45) is 11.7 Å². The Labute approximate surface area is 125 Å². The average Bonchev–Trinajstić information content (AvgIpc) is 2.81. The van der Waals surface area contributed by atoms with Crippen molar-refractivity contribution < 1.29 is 4.79 Å². The summed E-state index contributed by atoms with van der Waals surface area (Å²) >= 11 is 0. The molecule has 2 aliphatic rings. The lowest BCUT2D eigenvalue weighted by atomic mass is 9.80. The van der Waals surface area contributed by atoms with E-state index in [0.29, 0.717) is 5.57 Å². The van der Waals surface area contributed by atoms with Gasteiger partial charge in [-0.1, -0.05) is 55.5 Å². The van der Waals surface area contributed by atoms with Gasteiger partial charge < -0.3 is 5.73 Å². The zero-order valence-electron chi connectivity index (χ0n) is 12.4. The Morgan fingerprint density at radius 2 is 2.14 bits per heavy atom. The maximum atomic E-state index is 11.8. The van der Waals surface area contributed by atoms with Crippen molar-refractivity contribution in [3.63, 3.8) is 0 Å². The summed E-state index contributed by atoms with van der Waals surface area (Å²) < 4.78 is 0. The number of fused-ring (bicyclic) bond motifs is 1. The zero-order chi connectivity index (χ0) is 15.1. The van der Waals surface area contributed by atoms with Gasteiger partial charge in [-0.15, -0.1) is 0 Å². The lowest BCUT2D eigenvalue weighted by Crippen LogP contribution is -2.18. The molecule has 1 amide bonds. The molecule has 1 atom stereocenters. The number of allylic oxidation sites excluding steroid dienone is 4. The van der Waals surface area contributed by atoms with Crippen LogP contribution in [0.25, 0.3) is 11.6 Å². The predicted molar refractivity (Wildman–Crippen MR) is 87.4 cm³/mol. The van der Waals surface area contributed by atoms with E-state index in [4.69, 9.17) is 5.73 Å². The first-order valence-corrected chi connectivity index (χ1v) is 7.20. The van der Waals surface area contributed by atoms with Crippen molar-refractivity contribution in [3.05, 3.63) is 70.3 Å². The van der Waals surface area contributed by atoms with Crippen LogP contribution in [0.4, 0.5) is 0 Å². The van der Waals surface area contributed by atoms with Gasteiger partial charge in [0.25, 0.3) is 0 Å². The van der Waals surface area contributed by atoms with E-state index in [1.165, 1.54) is 16.7 Å². The standard InChI is InChI=1S/C19H19NO/c1-11-9-14-5-4-6-15(17(14)10-11)18-13(3)12(2)7-8-16(18)19(20)21/h4-8,10,12H,3,9H2,1-2H3,(H2,20,21). The minimum atomic E-state index is -0.398. The molecule has 106 valence electrons. The second-order valence-corrected chi connectivity index (χ2v) is 5.87. The predicted octanol–water partition coefficient (Wildman–Crippen LogP) is 3.65. The van der Waals surface area contributed by atoms with Crippen LogP contribution < -0.4 is 5.73 Å². The fourth-order valence-electron chi connectivity index (χ4n) is 3.12. The molecule has 0 saturated carbocycles. The summed E-state index contributed by atoms with van der Waals surface area (Å²) in [6.45, 7) is 8.41. The van der Waals surface area contributed by atoms with E-state index in [2.05, 4.69) is 38.6 Å². The summed E-state index contributed by atoms with van der Waals surface area (Å²) in [5.41, 5.74) is 12.9. The van der Waals surface area contributed by atoms with Crippen LogP contribution in [0.1, 0.15) is 30.5 Å². The number of primary amides is 1. The number of benzene rings is 1. The highest BCUT2D eigenvalue weighted by Crippen LogP contribution is 2.40. The quantitative estimate of drug-likeness (QED) is 0.881. The first-order valence-electron chi connectivity index (χ1n) is 7.20. The average molecular weight is 277 g/mol. The van der Waals surface area contributed by atoms with Crippen LogP contribution in [0.5, 0.6) is 0 Å². The minimum absolute atomic E-state index is 0.213. The number of carbonyl (C=O) groups is 1. The highest BCUT2D eigenvalue weighted by Gasteiger charge is 2.25. The maximum Gasteiger partial charge on any atom is 0.249 e. The number of hydrogen-bond acceptors (Lipinski definition) is 1. The van der Waals surface area contributed by atoms with E-state index < -0.39 is 5.91 Å². The molecule has 1 aromatic rings. The van der Waals surface area contributed by atoms with Gasteiger partial charge in [-0.3, -0.25) is 4.79 Å². The van der Waals surface area contributed by atoms with Gasteiger partial charge in [0.15, 0.2) is 0 Å². The van der Waals surface area contributed by atoms with E-state index in [-0.39, 0.29) is 5.92 Å². The van der Waals surface area contributed by atoms with E-state index in [1.807, 2.05) is 18.2 Å². The topological polar surface area (TPSA) is 43.1 Å². The lowest BCUT2D eigenvalue weighted by Gasteiger charge is -2.23. The fraction of sp³-hybridized carbons (Fsp3) is 0.211. The molecule has 2 heteroatoms. The number of nitrogens with two attached hydrogens (primary N) is 1. The van der Waals surface area contributed by atoms with Gasteiger partial charge in [0.1, 0.15) is 0 Å². The third-order valence-electron chi connectivity index (χ3n) is 4.28. The van der Waals surface area contributed by atoms with Gasteiger partial charge >= 0.3 is 0 Å². The molecule has 0 aromatic heterocycles. The van der Waals surface area contributed by atoms with Gasteiger partial charge in [0, 0.05) is 5.57 Å². The van der Waals surface area contributed by atoms with Crippen LogP contribution in [0, 0.1) is 5.92 Å². The molecule has 0 spiro atoms. The van der Waals surface area contributed by atoms with Crippen LogP contribution in [0.3, 0.4) is 0 Å². The number of hydrogen-bond donors (Lipinski definition) is 1. The molecule has 0 heterocycles. The molecule has 2 nitrogen and oxygen atoms in total. The Morgan fingerprint density at radius 3 is 2.86 bits per heavy atom. The first kappa shape index (κ1) is 13.6. The van der Waals surface area contributed by atoms with Crippen molar-refractivity contribution in [1.82, 2.24) is 0 Å². The molecule has 0 radical (unpaired) electrons. The smallest absolute Gasteiger partial charge is 0.249 e. The molecule has 2 aliphatic carbocycles. The van der Waals surface area contributed by atoms with Crippen molar-refractivity contribution in [1.29, 1.82) is 0 Å². The normalized spacial score (nSPS) is 20.6. The Hall–Kier alpha value is -2.35. The van der Waals surface area contributed by atoms with E-state index in [9.17, 15) is 4.79 Å². The van der Waals surface area contributed by atoms with Gasteiger partial charge in [-0.25, -0.2) is 0 Å². The largest absolute Gasteiger partial charge is 0.366 e. The van der Waals surface area contributed by atoms with Gasteiger partial charge in [0.05, 0.1) is 0 Å². The first-order chi connectivity index (χ1) is 9.99. The third kappa shape index (κ3) is 2.17. The van der Waals surface area contributed by atoms with Gasteiger partial charge in [-0.2, -0.15) is 0 Å². The van der Waals surface area contributed by atoms with E-state index in [0.717, 1.165) is 23.1 Å². The summed E-state index contributed by atoms with van der Waals surface area (Å²) in [7, 11) is 0. The number of amides is 1. The van der Waals surface area contributed by atoms with Crippen LogP contribution in [-0.4, -0.2) is 5.91 Å². The van der Waals surface area contributed by atoms with Gasteiger partial charge in [0.2, 0.25) is 5.91 Å². The molecule has 21 heavy (non-hydrogen) atoms. The van der Waals surface area contributed by atoms with Crippen molar-refractivity contribution in [2.45, 2.75) is 20.3 Å². The van der Waals surface area contributed by atoms with Gasteiger partial charge in [-0.05, 0) is 47.1 Å². The molecule has 0 fully saturated rings. The maximum absolute atomic E-state index is 11.8. The highest BCUT2D eigenvalue weighted by atomic mass is 16.1. The molecule has 0 aliphatic heterocycles. The lowest BCUT2D eigenvalue weighted by molar-refractivity contribution is -0.114. The van der Waals surface area contributed by atoms with Crippen LogP contribution in [0.15, 0.2) is 53.6 Å². The number of rotatable bonds is 2. The third-order valence-corrected chi connectivity index (χ3v) is 4.28. The molecule has 1 unspecified atom stereocenters. The van der Waals surface area contributed by atoms with E-state index >= 15 is 0 Å². The minimum Gasteiger partial charge on any atom is -0.366 e. The van der Waals surface area contributed by atoms with Crippen molar-refractivity contribution in [3.8, 4) is 0 Å². The van der Waals surface area contributed by atoms with Crippen molar-refractivity contribution in [2.75, 3.05) is 0 Å². The molecular weight excluding hydrogens is 258 g/mol. The Kier molecular flexibility index (Phi) is 3.17. The Bertz CT molecular complexity index is 747. The monoisotopic (exact) mass is 277 g/mol.